The number of hydrogen-bond donors (Lipinski definition) is 2. The minimum Gasteiger partial charge on any atom is -0.472 e. The van der Waals surface area contributed by atoms with Gasteiger partial charge < -0.3 is 19.6 Å². The van der Waals surface area contributed by atoms with Crippen molar-refractivity contribution in [2.75, 3.05) is 11.9 Å². The van der Waals surface area contributed by atoms with Crippen molar-refractivity contribution in [3.8, 4) is 11.4 Å². The Morgan fingerprint density at radius 1 is 1.28 bits per heavy atom. The van der Waals surface area contributed by atoms with Crippen LogP contribution in [0.3, 0.4) is 0 Å². The number of amides is 1. The number of carbonyl (C=O) groups is 1. The molecule has 25 heavy (non-hydrogen) atoms. The Labute approximate surface area is 145 Å². The number of carbonyl (C=O) groups excluding carboxylic acids is 1. The van der Waals surface area contributed by atoms with Crippen molar-refractivity contribution in [2.24, 2.45) is 0 Å². The van der Waals surface area contributed by atoms with Gasteiger partial charge in [0.05, 0.1) is 11.8 Å². The van der Waals surface area contributed by atoms with E-state index in [1.165, 1.54) is 0 Å². The average molecular weight is 340 g/mol. The molecular weight excluding hydrogens is 320 g/mol. The Bertz CT molecular complexity index is 811. The zero-order valence-corrected chi connectivity index (χ0v) is 14.0. The maximum atomic E-state index is 12.1. The number of aromatic nitrogens is 2. The summed E-state index contributed by atoms with van der Waals surface area (Å²) >= 11 is 0. The molecule has 0 atom stereocenters. The Hall–Kier alpha value is -2.93. The van der Waals surface area contributed by atoms with Gasteiger partial charge in [0.2, 0.25) is 17.6 Å². The topological polar surface area (TPSA) is 93.2 Å². The summed E-state index contributed by atoms with van der Waals surface area (Å²) in [5.74, 6) is 0.788. The molecule has 1 amide bonds. The molecule has 3 aromatic rings. The predicted molar refractivity (Wildman–Crippen MR) is 92.8 cm³/mol. The molecule has 0 aliphatic carbocycles. The van der Waals surface area contributed by atoms with E-state index in [4.69, 9.17) is 8.94 Å². The van der Waals surface area contributed by atoms with Crippen molar-refractivity contribution in [1.82, 2.24) is 15.5 Å². The molecule has 0 aliphatic heterocycles. The molecule has 0 saturated heterocycles. The second kappa shape index (κ2) is 8.25. The van der Waals surface area contributed by atoms with Gasteiger partial charge in [-0.25, -0.2) is 0 Å². The summed E-state index contributed by atoms with van der Waals surface area (Å²) in [6, 6.07) is 9.54. The number of aryl methyl sites for hydroxylation is 1. The first-order valence-corrected chi connectivity index (χ1v) is 8.19. The van der Waals surface area contributed by atoms with Gasteiger partial charge in [-0.3, -0.25) is 4.79 Å². The van der Waals surface area contributed by atoms with E-state index >= 15 is 0 Å². The van der Waals surface area contributed by atoms with Gasteiger partial charge in [0, 0.05) is 25.1 Å². The highest BCUT2D eigenvalue weighted by molar-refractivity contribution is 5.90. The Morgan fingerprint density at radius 2 is 2.20 bits per heavy atom. The van der Waals surface area contributed by atoms with E-state index in [-0.39, 0.29) is 12.3 Å². The van der Waals surface area contributed by atoms with E-state index in [1.54, 1.807) is 18.6 Å². The molecule has 0 fully saturated rings. The zero-order chi connectivity index (χ0) is 17.5. The first-order valence-electron chi connectivity index (χ1n) is 8.19. The number of nitrogens with one attached hydrogen (secondary N) is 2. The van der Waals surface area contributed by atoms with Gasteiger partial charge in [-0.2, -0.15) is 4.98 Å². The van der Waals surface area contributed by atoms with Crippen molar-refractivity contribution < 1.29 is 13.7 Å². The summed E-state index contributed by atoms with van der Waals surface area (Å²) in [5.41, 5.74) is 2.66. The Morgan fingerprint density at radius 3 is 3.00 bits per heavy atom. The molecule has 2 N–H and O–H groups in total. The van der Waals surface area contributed by atoms with E-state index in [2.05, 4.69) is 27.7 Å². The van der Waals surface area contributed by atoms with Crippen molar-refractivity contribution >= 4 is 11.6 Å². The van der Waals surface area contributed by atoms with Crippen LogP contribution in [0.2, 0.25) is 0 Å². The van der Waals surface area contributed by atoms with Crippen LogP contribution in [0.1, 0.15) is 24.8 Å². The molecule has 0 spiro atoms. The summed E-state index contributed by atoms with van der Waals surface area (Å²) in [6.45, 7) is 3.74. The first-order chi connectivity index (χ1) is 12.2. The highest BCUT2D eigenvalue weighted by Gasteiger charge is 2.11. The lowest BCUT2D eigenvalue weighted by Crippen LogP contribution is -2.14. The largest absolute Gasteiger partial charge is 0.472 e. The highest BCUT2D eigenvalue weighted by atomic mass is 16.5. The maximum absolute atomic E-state index is 12.1. The van der Waals surface area contributed by atoms with Crippen molar-refractivity contribution in [1.29, 1.82) is 0 Å². The fraction of sp³-hybridized carbons (Fsp3) is 0.278. The summed E-state index contributed by atoms with van der Waals surface area (Å²) in [4.78, 5) is 16.4. The predicted octanol–water partition coefficient (Wildman–Crippen LogP) is 3.01. The fourth-order valence-corrected chi connectivity index (χ4v) is 2.34. The smallest absolute Gasteiger partial charge is 0.227 e. The molecule has 2 aromatic heterocycles. The van der Waals surface area contributed by atoms with Crippen LogP contribution in [0.25, 0.3) is 11.4 Å². The van der Waals surface area contributed by atoms with Crippen molar-refractivity contribution in [3.63, 3.8) is 0 Å². The molecule has 7 nitrogen and oxygen atoms in total. The third kappa shape index (κ3) is 4.77. The Kier molecular flexibility index (Phi) is 5.58. The molecule has 0 unspecified atom stereocenters. The van der Waals surface area contributed by atoms with Crippen molar-refractivity contribution in [2.45, 2.75) is 26.3 Å². The summed E-state index contributed by atoms with van der Waals surface area (Å²) in [5, 5.41) is 10.0. The summed E-state index contributed by atoms with van der Waals surface area (Å²) < 4.78 is 10.1. The van der Waals surface area contributed by atoms with Crippen LogP contribution in [-0.4, -0.2) is 22.6 Å². The number of hydrogen-bond acceptors (Lipinski definition) is 6. The third-order valence-electron chi connectivity index (χ3n) is 3.60. The molecule has 130 valence electrons. The molecule has 0 bridgehead atoms. The molecular formula is C18H20N4O3. The van der Waals surface area contributed by atoms with Gasteiger partial charge in [0.15, 0.2) is 0 Å². The van der Waals surface area contributed by atoms with Crippen LogP contribution in [0, 0.1) is 0 Å². The second-order valence-electron chi connectivity index (χ2n) is 5.55. The molecule has 3 rings (SSSR count). The van der Waals surface area contributed by atoms with Gasteiger partial charge in [0.1, 0.15) is 6.26 Å². The minimum atomic E-state index is -0.0938. The molecule has 2 heterocycles. The van der Waals surface area contributed by atoms with Gasteiger partial charge in [-0.1, -0.05) is 24.2 Å². The molecule has 7 heteroatoms. The van der Waals surface area contributed by atoms with Crippen LogP contribution < -0.4 is 10.6 Å². The van der Waals surface area contributed by atoms with Gasteiger partial charge >= 0.3 is 0 Å². The van der Waals surface area contributed by atoms with Crippen LogP contribution in [0.4, 0.5) is 5.69 Å². The summed E-state index contributed by atoms with van der Waals surface area (Å²) in [6.07, 6.45) is 3.74. The quantitative estimate of drug-likeness (QED) is 0.655. The standard InChI is InChI=1S/C18H20N4O3/c1-2-19-11-13-4-3-5-15(10-13)20-16(23)6-7-17-21-18(22-25-17)14-8-9-24-12-14/h3-5,8-10,12,19H,2,6-7,11H2,1H3,(H,20,23). The molecule has 0 saturated carbocycles. The molecule has 0 radical (unpaired) electrons. The number of furan rings is 1. The maximum Gasteiger partial charge on any atom is 0.227 e. The van der Waals surface area contributed by atoms with Crippen LogP contribution >= 0.6 is 0 Å². The number of rotatable bonds is 8. The highest BCUT2D eigenvalue weighted by Crippen LogP contribution is 2.16. The molecule has 1 aromatic carbocycles. The monoisotopic (exact) mass is 340 g/mol. The van der Waals surface area contributed by atoms with E-state index in [1.807, 2.05) is 24.3 Å². The normalized spacial score (nSPS) is 10.8. The van der Waals surface area contributed by atoms with Crippen LogP contribution in [0.15, 0.2) is 51.8 Å². The first kappa shape index (κ1) is 16.9. The third-order valence-corrected chi connectivity index (χ3v) is 3.60. The van der Waals surface area contributed by atoms with E-state index in [0.29, 0.717) is 18.1 Å². The van der Waals surface area contributed by atoms with E-state index < -0.39 is 0 Å². The zero-order valence-electron chi connectivity index (χ0n) is 14.0. The SMILES string of the molecule is CCNCc1cccc(NC(=O)CCc2nc(-c3ccoc3)no2)c1. The number of nitrogens with zero attached hydrogens (tertiary/aromatic N) is 2. The molecule has 0 aliphatic rings. The average Bonchev–Trinajstić information content (AvgIpc) is 3.29. The second-order valence-corrected chi connectivity index (χ2v) is 5.55. The van der Waals surface area contributed by atoms with E-state index in [0.717, 1.165) is 29.9 Å². The van der Waals surface area contributed by atoms with Gasteiger partial charge in [0.25, 0.3) is 0 Å². The van der Waals surface area contributed by atoms with Gasteiger partial charge in [-0.15, -0.1) is 0 Å². The lowest BCUT2D eigenvalue weighted by molar-refractivity contribution is -0.116. The van der Waals surface area contributed by atoms with E-state index in [9.17, 15) is 4.79 Å². The van der Waals surface area contributed by atoms with Crippen LogP contribution in [0.5, 0.6) is 0 Å². The number of anilines is 1. The lowest BCUT2D eigenvalue weighted by Gasteiger charge is -2.07. The van der Waals surface area contributed by atoms with Crippen LogP contribution in [-0.2, 0) is 17.8 Å². The minimum absolute atomic E-state index is 0.0938. The number of benzene rings is 1. The fourth-order valence-electron chi connectivity index (χ4n) is 2.34. The van der Waals surface area contributed by atoms with Gasteiger partial charge in [-0.05, 0) is 30.3 Å². The summed E-state index contributed by atoms with van der Waals surface area (Å²) in [7, 11) is 0. The Balaban J connectivity index is 1.51. The lowest BCUT2D eigenvalue weighted by atomic mass is 10.2. The van der Waals surface area contributed by atoms with Crippen molar-refractivity contribution in [3.05, 3.63) is 54.3 Å².